The maximum Gasteiger partial charge on any atom is 0.492 e. The lowest BCUT2D eigenvalue weighted by molar-refractivity contribution is -0.118. The standard InChI is InChI=1S/C19H30BNO3S/c1-7-8-9-15-10-11-25-17(15)12-16(13-21-14(2)22)20-23-18(3,4)19(5,6)24-20/h10-12H,7-9,13H2,1-6H3,(H,21,22). The molecule has 2 heterocycles. The lowest BCUT2D eigenvalue weighted by atomic mass is 9.77. The van der Waals surface area contributed by atoms with Crippen molar-refractivity contribution in [2.45, 2.75) is 72.0 Å². The zero-order valence-electron chi connectivity index (χ0n) is 16.3. The number of hydrogen-bond donors (Lipinski definition) is 1. The molecule has 1 aliphatic rings. The summed E-state index contributed by atoms with van der Waals surface area (Å²) < 4.78 is 12.4. The first kappa shape index (κ1) is 20.2. The Morgan fingerprint density at radius 2 is 1.92 bits per heavy atom. The Hall–Kier alpha value is -1.11. The highest BCUT2D eigenvalue weighted by Crippen LogP contribution is 2.39. The van der Waals surface area contributed by atoms with Gasteiger partial charge in [-0.2, -0.15) is 0 Å². The van der Waals surface area contributed by atoms with Crippen molar-refractivity contribution < 1.29 is 14.1 Å². The molecule has 0 spiro atoms. The Kier molecular flexibility index (Phi) is 6.52. The molecule has 1 saturated heterocycles. The van der Waals surface area contributed by atoms with Gasteiger partial charge < -0.3 is 14.6 Å². The molecule has 0 radical (unpaired) electrons. The van der Waals surface area contributed by atoms with Gasteiger partial charge in [0.1, 0.15) is 0 Å². The van der Waals surface area contributed by atoms with Crippen molar-refractivity contribution in [1.82, 2.24) is 5.32 Å². The fourth-order valence-corrected chi connectivity index (χ4v) is 3.56. The average Bonchev–Trinajstić information content (AvgIpc) is 3.02. The molecule has 0 aromatic carbocycles. The van der Waals surface area contributed by atoms with Crippen LogP contribution in [0, 0.1) is 0 Å². The van der Waals surface area contributed by atoms with E-state index in [2.05, 4.69) is 29.8 Å². The van der Waals surface area contributed by atoms with Crippen molar-refractivity contribution in [1.29, 1.82) is 0 Å². The minimum atomic E-state index is -0.446. The summed E-state index contributed by atoms with van der Waals surface area (Å²) in [5.41, 5.74) is 1.51. The first-order valence-corrected chi connectivity index (χ1v) is 9.91. The number of carbonyl (C=O) groups is 1. The van der Waals surface area contributed by atoms with Crippen LogP contribution in [0.25, 0.3) is 6.08 Å². The zero-order chi connectivity index (χ0) is 18.7. The summed E-state index contributed by atoms with van der Waals surface area (Å²) in [5.74, 6) is -0.0557. The minimum Gasteiger partial charge on any atom is -0.400 e. The van der Waals surface area contributed by atoms with Gasteiger partial charge in [-0.05, 0) is 69.1 Å². The van der Waals surface area contributed by atoms with Crippen LogP contribution in [0.4, 0.5) is 0 Å². The molecule has 0 aliphatic carbocycles. The van der Waals surface area contributed by atoms with Gasteiger partial charge in [0.15, 0.2) is 0 Å². The van der Waals surface area contributed by atoms with E-state index in [0.29, 0.717) is 6.54 Å². The van der Waals surface area contributed by atoms with Gasteiger partial charge >= 0.3 is 7.12 Å². The third kappa shape index (κ3) is 4.96. The predicted molar refractivity (Wildman–Crippen MR) is 106 cm³/mol. The smallest absolute Gasteiger partial charge is 0.400 e. The molecule has 0 saturated carbocycles. The number of amides is 1. The first-order valence-electron chi connectivity index (χ1n) is 9.03. The molecule has 1 N–H and O–H groups in total. The highest BCUT2D eigenvalue weighted by Gasteiger charge is 2.52. The van der Waals surface area contributed by atoms with Crippen molar-refractivity contribution in [3.63, 3.8) is 0 Å². The number of nitrogens with one attached hydrogen (secondary N) is 1. The van der Waals surface area contributed by atoms with Crippen LogP contribution in [0.3, 0.4) is 0 Å². The Morgan fingerprint density at radius 3 is 2.48 bits per heavy atom. The van der Waals surface area contributed by atoms with E-state index in [0.717, 1.165) is 11.9 Å². The summed E-state index contributed by atoms with van der Waals surface area (Å²) in [7, 11) is -0.446. The molecule has 0 atom stereocenters. The normalized spacial score (nSPS) is 19.3. The van der Waals surface area contributed by atoms with Crippen LogP contribution in [0.1, 0.15) is 64.8 Å². The lowest BCUT2D eigenvalue weighted by Gasteiger charge is -2.32. The summed E-state index contributed by atoms with van der Waals surface area (Å²) >= 11 is 1.72. The van der Waals surface area contributed by atoms with E-state index in [1.807, 2.05) is 27.7 Å². The second kappa shape index (κ2) is 8.06. The number of thiophene rings is 1. The SMILES string of the molecule is CCCCc1ccsc1C=C(CNC(C)=O)B1OC(C)(C)C(C)(C)O1. The Bertz CT molecular complexity index is 620. The molecule has 1 aromatic rings. The van der Waals surface area contributed by atoms with Gasteiger partial charge in [0, 0.05) is 18.3 Å². The van der Waals surface area contributed by atoms with Crippen molar-refractivity contribution in [3.05, 3.63) is 27.4 Å². The third-order valence-electron chi connectivity index (χ3n) is 4.99. The molecule has 1 amide bonds. The zero-order valence-corrected chi connectivity index (χ0v) is 17.1. The number of hydrogen-bond acceptors (Lipinski definition) is 4. The summed E-state index contributed by atoms with van der Waals surface area (Å²) in [4.78, 5) is 12.6. The van der Waals surface area contributed by atoms with E-state index >= 15 is 0 Å². The van der Waals surface area contributed by atoms with Crippen LogP contribution in [0.5, 0.6) is 0 Å². The fourth-order valence-electron chi connectivity index (χ4n) is 2.64. The van der Waals surface area contributed by atoms with Crippen LogP contribution in [-0.2, 0) is 20.5 Å². The molecule has 1 aromatic heterocycles. The Morgan fingerprint density at radius 1 is 1.28 bits per heavy atom. The topological polar surface area (TPSA) is 47.6 Å². The van der Waals surface area contributed by atoms with Crippen LogP contribution >= 0.6 is 11.3 Å². The van der Waals surface area contributed by atoms with Crippen LogP contribution in [0.2, 0.25) is 0 Å². The second-order valence-corrected chi connectivity index (χ2v) is 8.58. The number of rotatable bonds is 7. The largest absolute Gasteiger partial charge is 0.492 e. The molecule has 0 unspecified atom stereocenters. The van der Waals surface area contributed by atoms with Crippen molar-refractivity contribution in [2.24, 2.45) is 0 Å². The molecule has 25 heavy (non-hydrogen) atoms. The molecule has 0 bridgehead atoms. The minimum absolute atomic E-state index is 0.0557. The first-order chi connectivity index (χ1) is 11.7. The summed E-state index contributed by atoms with van der Waals surface area (Å²) in [6, 6.07) is 2.19. The molecule has 6 heteroatoms. The van der Waals surface area contributed by atoms with E-state index in [1.54, 1.807) is 11.3 Å². The Labute approximate surface area is 156 Å². The van der Waals surface area contributed by atoms with Crippen LogP contribution in [0.15, 0.2) is 16.9 Å². The summed E-state index contributed by atoms with van der Waals surface area (Å²) in [6.45, 7) is 12.3. The van der Waals surface area contributed by atoms with E-state index in [1.165, 1.54) is 30.2 Å². The van der Waals surface area contributed by atoms with Gasteiger partial charge in [-0.1, -0.05) is 13.3 Å². The van der Waals surface area contributed by atoms with E-state index in [9.17, 15) is 4.79 Å². The van der Waals surface area contributed by atoms with Gasteiger partial charge in [-0.3, -0.25) is 4.79 Å². The van der Waals surface area contributed by atoms with Crippen molar-refractivity contribution >= 4 is 30.4 Å². The average molecular weight is 363 g/mol. The molecular formula is C19H30BNO3S. The second-order valence-electron chi connectivity index (χ2n) is 7.63. The van der Waals surface area contributed by atoms with Gasteiger partial charge in [0.25, 0.3) is 0 Å². The highest BCUT2D eigenvalue weighted by molar-refractivity contribution is 7.11. The quantitative estimate of drug-likeness (QED) is 0.737. The maximum absolute atomic E-state index is 11.4. The third-order valence-corrected chi connectivity index (χ3v) is 5.90. The molecule has 2 rings (SSSR count). The van der Waals surface area contributed by atoms with Gasteiger partial charge in [-0.25, -0.2) is 0 Å². The fraction of sp³-hybridized carbons (Fsp3) is 0.632. The lowest BCUT2D eigenvalue weighted by Crippen LogP contribution is -2.41. The van der Waals surface area contributed by atoms with E-state index in [-0.39, 0.29) is 5.91 Å². The predicted octanol–water partition coefficient (Wildman–Crippen LogP) is 4.24. The molecule has 138 valence electrons. The molecule has 1 fully saturated rings. The number of carbonyl (C=O) groups excluding carboxylic acids is 1. The number of unbranched alkanes of at least 4 members (excludes halogenated alkanes) is 1. The molecular weight excluding hydrogens is 333 g/mol. The van der Waals surface area contributed by atoms with E-state index in [4.69, 9.17) is 9.31 Å². The van der Waals surface area contributed by atoms with Gasteiger partial charge in [-0.15, -0.1) is 11.3 Å². The monoisotopic (exact) mass is 363 g/mol. The molecule has 1 aliphatic heterocycles. The van der Waals surface area contributed by atoms with Crippen LogP contribution in [-0.4, -0.2) is 30.8 Å². The highest BCUT2D eigenvalue weighted by atomic mass is 32.1. The van der Waals surface area contributed by atoms with Crippen molar-refractivity contribution in [3.8, 4) is 0 Å². The van der Waals surface area contributed by atoms with Crippen LogP contribution < -0.4 is 5.32 Å². The molecule has 4 nitrogen and oxygen atoms in total. The summed E-state index contributed by atoms with van der Waals surface area (Å²) in [6.07, 6.45) is 5.56. The summed E-state index contributed by atoms with van der Waals surface area (Å²) in [5, 5.41) is 5.01. The number of aryl methyl sites for hydroxylation is 1. The van der Waals surface area contributed by atoms with Gasteiger partial charge in [0.05, 0.1) is 11.2 Å². The van der Waals surface area contributed by atoms with E-state index < -0.39 is 18.3 Å². The Balaban J connectivity index is 2.28. The maximum atomic E-state index is 11.4. The van der Waals surface area contributed by atoms with Crippen molar-refractivity contribution in [2.75, 3.05) is 6.54 Å². The van der Waals surface area contributed by atoms with Gasteiger partial charge in [0.2, 0.25) is 5.91 Å².